The van der Waals surface area contributed by atoms with Crippen LogP contribution >= 0.6 is 0 Å². The molecule has 2 unspecified atom stereocenters. The van der Waals surface area contributed by atoms with Gasteiger partial charge in [0.05, 0.1) is 0 Å². The molecule has 0 saturated carbocycles. The maximum absolute atomic E-state index is 5.69. The fourth-order valence-electron chi connectivity index (χ4n) is 1.24. The first-order chi connectivity index (χ1) is 5.20. The quantitative estimate of drug-likeness (QED) is 0.623. The van der Waals surface area contributed by atoms with Gasteiger partial charge in [-0.25, -0.2) is 0 Å². The molecule has 0 aromatic rings. The highest BCUT2D eigenvalue weighted by Gasteiger charge is 2.09. The second-order valence-corrected chi connectivity index (χ2v) is 3.17. The lowest BCUT2D eigenvalue weighted by Crippen LogP contribution is -2.28. The largest absolute Gasteiger partial charge is 0.385 e. The van der Waals surface area contributed by atoms with E-state index in [2.05, 4.69) is 18.3 Å². The van der Waals surface area contributed by atoms with Crippen molar-refractivity contribution in [2.45, 2.75) is 32.4 Å². The molecule has 0 amide bonds. The zero-order valence-electron chi connectivity index (χ0n) is 7.17. The first-order valence-corrected chi connectivity index (χ1v) is 4.07. The van der Waals surface area contributed by atoms with Crippen molar-refractivity contribution in [2.24, 2.45) is 5.73 Å². The number of hydrogen-bond donors (Lipinski definition) is 2. The summed E-state index contributed by atoms with van der Waals surface area (Å²) in [4.78, 5) is 0. The van der Waals surface area contributed by atoms with Gasteiger partial charge in [0, 0.05) is 12.1 Å². The Kier molecular flexibility index (Phi) is 2.71. The maximum atomic E-state index is 5.69. The number of hydrogen-bond acceptors (Lipinski definition) is 2. The van der Waals surface area contributed by atoms with E-state index in [1.807, 2.05) is 19.2 Å². The zero-order chi connectivity index (χ0) is 8.27. The van der Waals surface area contributed by atoms with E-state index in [9.17, 15) is 0 Å². The van der Waals surface area contributed by atoms with Crippen molar-refractivity contribution < 1.29 is 0 Å². The fraction of sp³-hybridized carbons (Fsp3) is 0.556. The van der Waals surface area contributed by atoms with Crippen LogP contribution in [0.5, 0.6) is 0 Å². The Balaban J connectivity index is 2.54. The molecule has 1 rings (SSSR count). The summed E-state index contributed by atoms with van der Waals surface area (Å²) in [5.74, 6) is 0. The van der Waals surface area contributed by atoms with Crippen LogP contribution in [0.1, 0.15) is 20.3 Å². The van der Waals surface area contributed by atoms with Crippen molar-refractivity contribution in [2.75, 3.05) is 0 Å². The monoisotopic (exact) mass is 152 g/mol. The minimum Gasteiger partial charge on any atom is -0.385 e. The van der Waals surface area contributed by atoms with Gasteiger partial charge in [-0.05, 0) is 38.1 Å². The first kappa shape index (κ1) is 8.34. The molecule has 0 bridgehead atoms. The molecule has 0 radical (unpaired) electrons. The van der Waals surface area contributed by atoms with Crippen LogP contribution in [-0.4, -0.2) is 12.1 Å². The molecule has 2 heteroatoms. The van der Waals surface area contributed by atoms with Crippen LogP contribution in [-0.2, 0) is 0 Å². The van der Waals surface area contributed by atoms with Crippen LogP contribution < -0.4 is 11.1 Å². The maximum Gasteiger partial charge on any atom is 0.0443 e. The fourth-order valence-corrected chi connectivity index (χ4v) is 1.24. The number of nitrogens with two attached hydrogens (primary N) is 1. The molecule has 0 spiro atoms. The molecule has 3 N–H and O–H groups in total. The first-order valence-electron chi connectivity index (χ1n) is 4.07. The SMILES string of the molecule is CC(N)CC1=CC=CNC1C. The van der Waals surface area contributed by atoms with Crippen LogP contribution in [0.3, 0.4) is 0 Å². The van der Waals surface area contributed by atoms with Crippen molar-refractivity contribution in [3.05, 3.63) is 23.9 Å². The molecule has 1 aliphatic rings. The highest BCUT2D eigenvalue weighted by molar-refractivity contribution is 5.22. The summed E-state index contributed by atoms with van der Waals surface area (Å²) in [7, 11) is 0. The van der Waals surface area contributed by atoms with Crippen LogP contribution in [0, 0.1) is 0 Å². The van der Waals surface area contributed by atoms with Crippen molar-refractivity contribution in [1.82, 2.24) is 5.32 Å². The average molecular weight is 152 g/mol. The lowest BCUT2D eigenvalue weighted by molar-refractivity contribution is 0.632. The summed E-state index contributed by atoms with van der Waals surface area (Å²) in [5, 5.41) is 3.23. The highest BCUT2D eigenvalue weighted by Crippen LogP contribution is 2.12. The lowest BCUT2D eigenvalue weighted by atomic mass is 9.99. The molecule has 0 aliphatic carbocycles. The van der Waals surface area contributed by atoms with E-state index in [1.54, 1.807) is 0 Å². The highest BCUT2D eigenvalue weighted by atomic mass is 14.9. The topological polar surface area (TPSA) is 38.0 Å². The molecule has 0 aromatic carbocycles. The van der Waals surface area contributed by atoms with E-state index in [1.165, 1.54) is 5.57 Å². The van der Waals surface area contributed by atoms with E-state index in [0.717, 1.165) is 6.42 Å². The van der Waals surface area contributed by atoms with Gasteiger partial charge < -0.3 is 11.1 Å². The van der Waals surface area contributed by atoms with Gasteiger partial charge in [-0.2, -0.15) is 0 Å². The molecule has 1 aliphatic heterocycles. The molecular formula is C9H16N2. The Morgan fingerprint density at radius 3 is 3.00 bits per heavy atom. The standard InChI is InChI=1S/C9H16N2/c1-7(10)6-9-4-3-5-11-8(9)2/h3-5,7-8,11H,6,10H2,1-2H3. The number of nitrogens with one attached hydrogen (secondary N) is 1. The summed E-state index contributed by atoms with van der Waals surface area (Å²) >= 11 is 0. The van der Waals surface area contributed by atoms with E-state index in [-0.39, 0.29) is 6.04 Å². The Morgan fingerprint density at radius 2 is 2.45 bits per heavy atom. The van der Waals surface area contributed by atoms with Gasteiger partial charge in [-0.1, -0.05) is 6.08 Å². The van der Waals surface area contributed by atoms with Crippen molar-refractivity contribution >= 4 is 0 Å². The van der Waals surface area contributed by atoms with Gasteiger partial charge in [0.1, 0.15) is 0 Å². The Bertz CT molecular complexity index is 180. The average Bonchev–Trinajstić information content (AvgIpc) is 1.93. The second-order valence-electron chi connectivity index (χ2n) is 3.17. The summed E-state index contributed by atoms with van der Waals surface area (Å²) in [5.41, 5.74) is 7.08. The molecule has 2 atom stereocenters. The smallest absolute Gasteiger partial charge is 0.0443 e. The van der Waals surface area contributed by atoms with Crippen LogP contribution in [0.25, 0.3) is 0 Å². The second kappa shape index (κ2) is 3.58. The molecule has 62 valence electrons. The van der Waals surface area contributed by atoms with Crippen molar-refractivity contribution in [1.29, 1.82) is 0 Å². The lowest BCUT2D eigenvalue weighted by Gasteiger charge is -2.20. The number of dihydropyridines is 1. The Hall–Kier alpha value is -0.760. The molecule has 1 heterocycles. The number of allylic oxidation sites excluding steroid dienone is 2. The third-order valence-electron chi connectivity index (χ3n) is 1.87. The predicted molar refractivity (Wildman–Crippen MR) is 48.1 cm³/mol. The van der Waals surface area contributed by atoms with Crippen molar-refractivity contribution in [3.8, 4) is 0 Å². The summed E-state index contributed by atoms with van der Waals surface area (Å²) < 4.78 is 0. The molecule has 0 aromatic heterocycles. The third kappa shape index (κ3) is 2.39. The van der Waals surface area contributed by atoms with Gasteiger partial charge in [-0.15, -0.1) is 0 Å². The summed E-state index contributed by atoms with van der Waals surface area (Å²) in [6.07, 6.45) is 7.12. The minimum atomic E-state index is 0.261. The van der Waals surface area contributed by atoms with E-state index >= 15 is 0 Å². The van der Waals surface area contributed by atoms with Gasteiger partial charge in [0.2, 0.25) is 0 Å². The van der Waals surface area contributed by atoms with Gasteiger partial charge in [-0.3, -0.25) is 0 Å². The Morgan fingerprint density at radius 1 is 1.73 bits per heavy atom. The van der Waals surface area contributed by atoms with E-state index in [4.69, 9.17) is 5.73 Å². The molecule has 0 saturated heterocycles. The third-order valence-corrected chi connectivity index (χ3v) is 1.87. The van der Waals surface area contributed by atoms with E-state index < -0.39 is 0 Å². The van der Waals surface area contributed by atoms with Gasteiger partial charge >= 0.3 is 0 Å². The van der Waals surface area contributed by atoms with Crippen molar-refractivity contribution in [3.63, 3.8) is 0 Å². The zero-order valence-corrected chi connectivity index (χ0v) is 7.17. The van der Waals surface area contributed by atoms with Crippen LogP contribution in [0.2, 0.25) is 0 Å². The molecule has 0 fully saturated rings. The minimum absolute atomic E-state index is 0.261. The molecular weight excluding hydrogens is 136 g/mol. The summed E-state index contributed by atoms with van der Waals surface area (Å²) in [6, 6.07) is 0.711. The van der Waals surface area contributed by atoms with E-state index in [0.29, 0.717) is 6.04 Å². The Labute approximate surface area is 68.2 Å². The van der Waals surface area contributed by atoms with Crippen LogP contribution in [0.15, 0.2) is 23.9 Å². The number of rotatable bonds is 2. The summed E-state index contributed by atoms with van der Waals surface area (Å²) in [6.45, 7) is 4.18. The molecule has 11 heavy (non-hydrogen) atoms. The van der Waals surface area contributed by atoms with Gasteiger partial charge in [0.25, 0.3) is 0 Å². The van der Waals surface area contributed by atoms with Gasteiger partial charge in [0.15, 0.2) is 0 Å². The predicted octanol–water partition coefficient (Wildman–Crippen LogP) is 1.16. The normalized spacial score (nSPS) is 25.7. The van der Waals surface area contributed by atoms with Crippen LogP contribution in [0.4, 0.5) is 0 Å². The molecule has 2 nitrogen and oxygen atoms in total.